The van der Waals surface area contributed by atoms with Crippen LogP contribution in [-0.4, -0.2) is 82.3 Å². The summed E-state index contributed by atoms with van der Waals surface area (Å²) in [7, 11) is 5.92. The number of ether oxygens (including phenoxy) is 4. The summed E-state index contributed by atoms with van der Waals surface area (Å²) in [6, 6.07) is 0. The normalized spacial score (nSPS) is 13.2. The molecule has 0 rings (SSSR count). The van der Waals surface area contributed by atoms with Gasteiger partial charge < -0.3 is 33.3 Å². The predicted molar refractivity (Wildman–Crippen MR) is 302 cm³/mol. The van der Waals surface area contributed by atoms with Gasteiger partial charge in [0.05, 0.1) is 40.3 Å². The van der Waals surface area contributed by atoms with Crippen LogP contribution in [0, 0.1) is 0 Å². The Kier molecular flexibility index (Phi) is 52.0. The second kappa shape index (κ2) is 54.3. The Morgan fingerprint density at radius 2 is 0.792 bits per heavy atom. The van der Waals surface area contributed by atoms with E-state index in [9.17, 15) is 19.5 Å². The molecule has 2 unspecified atom stereocenters. The summed E-state index contributed by atoms with van der Waals surface area (Å²) in [4.78, 5) is 37.3. The fraction of sp³-hybridized carbons (Fsp3) is 0.794. The molecule has 0 fully saturated rings. The smallest absolute Gasteiger partial charge is 0.306 e. The first-order valence-corrected chi connectivity index (χ1v) is 29.9. The molecule has 0 aliphatic rings. The van der Waals surface area contributed by atoms with Crippen molar-refractivity contribution in [2.75, 3.05) is 47.5 Å². The number of esters is 2. The maximum Gasteiger partial charge on any atom is 0.306 e. The number of carbonyl (C=O) groups excluding carboxylic acids is 3. The Hall–Kier alpha value is -3.01. The average Bonchev–Trinajstić information content (AvgIpc) is 3.35. The summed E-state index contributed by atoms with van der Waals surface area (Å²) in [6.07, 6.45) is 65.6. The van der Waals surface area contributed by atoms with Gasteiger partial charge in [-0.3, -0.25) is 9.59 Å². The van der Waals surface area contributed by atoms with Crippen molar-refractivity contribution < 1.29 is 42.9 Å². The Balaban J connectivity index is 4.22. The number of rotatable bonds is 55. The standard InChI is InChI=1S/C63H113NO8/c1-6-8-10-12-14-16-18-20-22-24-26-28-29-30-31-32-34-35-37-39-41-43-45-47-49-51-53-60(65)70-57-59(58-71-63(62(67)68)69-56-55-64(3,4)5)72-61(66)54-52-50-48-46-44-42-40-38-36-33-27-25-23-21-19-17-15-13-11-9-7-2/h9,11,15,17,21,23,27,33,38,40,59,63H,6-8,10,12-14,16,18-20,22,24-26,28-32,34-37,39,41-58H2,1-5H3/b11-9-,17-15-,23-21-,33-27-,40-38-. The molecule has 0 aromatic rings. The summed E-state index contributed by atoms with van der Waals surface area (Å²) >= 11 is 0. The van der Waals surface area contributed by atoms with Crippen molar-refractivity contribution in [3.05, 3.63) is 60.8 Å². The molecule has 0 saturated heterocycles. The largest absolute Gasteiger partial charge is 0.545 e. The molecule has 0 N–H and O–H groups in total. The van der Waals surface area contributed by atoms with Crippen LogP contribution in [0.1, 0.15) is 264 Å². The van der Waals surface area contributed by atoms with E-state index in [1.807, 2.05) is 21.1 Å². The Morgan fingerprint density at radius 1 is 0.431 bits per heavy atom. The molecular formula is C63H113NO8. The van der Waals surface area contributed by atoms with E-state index in [0.717, 1.165) is 83.5 Å². The summed E-state index contributed by atoms with van der Waals surface area (Å²) in [6.45, 7) is 4.64. The molecule has 418 valence electrons. The Morgan fingerprint density at radius 3 is 1.18 bits per heavy atom. The van der Waals surface area contributed by atoms with Gasteiger partial charge in [-0.2, -0.15) is 0 Å². The van der Waals surface area contributed by atoms with Gasteiger partial charge >= 0.3 is 11.9 Å². The monoisotopic (exact) mass is 1010 g/mol. The van der Waals surface area contributed by atoms with E-state index >= 15 is 0 Å². The highest BCUT2D eigenvalue weighted by atomic mass is 16.7. The second-order valence-electron chi connectivity index (χ2n) is 21.3. The van der Waals surface area contributed by atoms with Gasteiger partial charge in [0.1, 0.15) is 13.2 Å². The van der Waals surface area contributed by atoms with Crippen LogP contribution in [0.15, 0.2) is 60.8 Å². The highest BCUT2D eigenvalue weighted by Crippen LogP contribution is 2.17. The maximum atomic E-state index is 12.9. The van der Waals surface area contributed by atoms with E-state index in [1.165, 1.54) is 148 Å². The third-order valence-electron chi connectivity index (χ3n) is 13.0. The Labute approximate surface area is 444 Å². The number of quaternary nitrogens is 1. The molecule has 0 saturated carbocycles. The number of hydrogen-bond acceptors (Lipinski definition) is 8. The molecular weight excluding hydrogens is 899 g/mol. The molecule has 0 aliphatic heterocycles. The van der Waals surface area contributed by atoms with Gasteiger partial charge in [-0.1, -0.05) is 254 Å². The molecule has 0 spiro atoms. The minimum absolute atomic E-state index is 0.142. The van der Waals surface area contributed by atoms with Crippen molar-refractivity contribution in [3.8, 4) is 0 Å². The lowest BCUT2D eigenvalue weighted by Gasteiger charge is -2.26. The lowest BCUT2D eigenvalue weighted by Crippen LogP contribution is -2.44. The number of likely N-dealkylation sites (N-methyl/N-ethyl adjacent to an activating group) is 1. The molecule has 9 heteroatoms. The third-order valence-corrected chi connectivity index (χ3v) is 13.0. The zero-order chi connectivity index (χ0) is 52.7. The first kappa shape index (κ1) is 69.0. The minimum Gasteiger partial charge on any atom is -0.545 e. The van der Waals surface area contributed by atoms with Gasteiger partial charge in [0.15, 0.2) is 12.4 Å². The number of hydrogen-bond donors (Lipinski definition) is 0. The first-order valence-electron chi connectivity index (χ1n) is 29.9. The fourth-order valence-corrected chi connectivity index (χ4v) is 8.45. The maximum absolute atomic E-state index is 12.9. The van der Waals surface area contributed by atoms with Crippen LogP contribution in [0.2, 0.25) is 0 Å². The molecule has 0 aromatic heterocycles. The van der Waals surface area contributed by atoms with E-state index in [4.69, 9.17) is 18.9 Å². The van der Waals surface area contributed by atoms with E-state index in [1.54, 1.807) is 0 Å². The number of aliphatic carboxylic acids is 1. The number of nitrogens with zero attached hydrogens (tertiary/aromatic N) is 1. The van der Waals surface area contributed by atoms with E-state index in [2.05, 4.69) is 74.6 Å². The summed E-state index contributed by atoms with van der Waals surface area (Å²) in [5, 5.41) is 11.8. The van der Waals surface area contributed by atoms with Crippen molar-refractivity contribution in [2.24, 2.45) is 0 Å². The molecule has 0 heterocycles. The van der Waals surface area contributed by atoms with Gasteiger partial charge in [0.25, 0.3) is 0 Å². The predicted octanol–water partition coefficient (Wildman–Crippen LogP) is 16.3. The molecule has 9 nitrogen and oxygen atoms in total. The van der Waals surface area contributed by atoms with E-state index in [0.29, 0.717) is 17.4 Å². The van der Waals surface area contributed by atoms with Gasteiger partial charge in [-0.15, -0.1) is 0 Å². The van der Waals surface area contributed by atoms with Crippen LogP contribution in [0.25, 0.3) is 0 Å². The van der Waals surface area contributed by atoms with Crippen molar-refractivity contribution in [2.45, 2.75) is 277 Å². The number of unbranched alkanes of at least 4 members (excludes halogenated alkanes) is 30. The highest BCUT2D eigenvalue weighted by Gasteiger charge is 2.22. The Bertz CT molecular complexity index is 1360. The molecule has 0 amide bonds. The topological polar surface area (TPSA) is 111 Å². The number of carboxylic acid groups (broad SMARTS) is 1. The highest BCUT2D eigenvalue weighted by molar-refractivity contribution is 5.70. The van der Waals surface area contributed by atoms with E-state index in [-0.39, 0.29) is 38.6 Å². The zero-order valence-corrected chi connectivity index (χ0v) is 47.5. The summed E-state index contributed by atoms with van der Waals surface area (Å²) in [5.74, 6) is -2.30. The van der Waals surface area contributed by atoms with Crippen molar-refractivity contribution >= 4 is 17.9 Å². The molecule has 0 aromatic carbocycles. The lowest BCUT2D eigenvalue weighted by molar-refractivity contribution is -0.870. The van der Waals surface area contributed by atoms with Gasteiger partial charge in [-0.05, 0) is 57.8 Å². The first-order chi connectivity index (χ1) is 35.1. The number of allylic oxidation sites excluding steroid dienone is 10. The van der Waals surface area contributed by atoms with Crippen LogP contribution in [0.4, 0.5) is 0 Å². The second-order valence-corrected chi connectivity index (χ2v) is 21.3. The third kappa shape index (κ3) is 54.8. The van der Waals surface area contributed by atoms with Crippen molar-refractivity contribution in [3.63, 3.8) is 0 Å². The van der Waals surface area contributed by atoms with Crippen LogP contribution >= 0.6 is 0 Å². The number of carboxylic acids is 1. The molecule has 2 atom stereocenters. The average molecular weight is 1010 g/mol. The quantitative estimate of drug-likeness (QED) is 0.0195. The van der Waals surface area contributed by atoms with Crippen molar-refractivity contribution in [1.82, 2.24) is 0 Å². The number of carbonyl (C=O) groups is 3. The molecule has 0 radical (unpaired) electrons. The van der Waals surface area contributed by atoms with Gasteiger partial charge in [-0.25, -0.2) is 0 Å². The molecule has 0 aliphatic carbocycles. The van der Waals surface area contributed by atoms with Crippen LogP contribution < -0.4 is 5.11 Å². The fourth-order valence-electron chi connectivity index (χ4n) is 8.45. The van der Waals surface area contributed by atoms with Crippen LogP contribution in [0.5, 0.6) is 0 Å². The van der Waals surface area contributed by atoms with Crippen LogP contribution in [0.3, 0.4) is 0 Å². The van der Waals surface area contributed by atoms with Crippen molar-refractivity contribution in [1.29, 1.82) is 0 Å². The molecule has 72 heavy (non-hydrogen) atoms. The lowest BCUT2D eigenvalue weighted by atomic mass is 10.0. The van der Waals surface area contributed by atoms with Gasteiger partial charge in [0.2, 0.25) is 0 Å². The van der Waals surface area contributed by atoms with Crippen LogP contribution in [-0.2, 0) is 33.3 Å². The SMILES string of the molecule is CC/C=C\C/C=C\C/C=C\C/C=C\C/C=C\CCCCCCCC(=O)OC(COC(=O)CCCCCCCCCCCCCCCCCCCCCCCCCCCC)COC(OCC[N+](C)(C)C)C(=O)[O-]. The zero-order valence-electron chi connectivity index (χ0n) is 47.5. The van der Waals surface area contributed by atoms with E-state index < -0.39 is 24.3 Å². The minimum atomic E-state index is -1.63. The van der Waals surface area contributed by atoms with Gasteiger partial charge in [0, 0.05) is 12.8 Å². The summed E-state index contributed by atoms with van der Waals surface area (Å²) in [5.41, 5.74) is 0. The summed E-state index contributed by atoms with van der Waals surface area (Å²) < 4.78 is 22.7. The molecule has 0 bridgehead atoms.